The van der Waals surface area contributed by atoms with Crippen LogP contribution in [-0.2, 0) is 6.54 Å². The number of benzene rings is 1. The Kier molecular flexibility index (Phi) is 2.93. The minimum atomic E-state index is 0.538. The average molecular weight is 151 g/mol. The molecule has 0 spiro atoms. The number of rotatable bonds is 3. The van der Waals surface area contributed by atoms with E-state index in [4.69, 9.17) is 10.5 Å². The van der Waals surface area contributed by atoms with E-state index in [0.717, 1.165) is 11.3 Å². The highest BCUT2D eigenvalue weighted by Gasteiger charge is 1.97. The molecule has 0 saturated heterocycles. The van der Waals surface area contributed by atoms with Gasteiger partial charge in [-0.25, -0.2) is 0 Å². The Morgan fingerprint density at radius 2 is 2.09 bits per heavy atom. The van der Waals surface area contributed by atoms with Crippen molar-refractivity contribution in [1.29, 1.82) is 0 Å². The topological polar surface area (TPSA) is 35.2 Å². The summed E-state index contributed by atoms with van der Waals surface area (Å²) in [5, 5.41) is 0. The van der Waals surface area contributed by atoms with Crippen molar-refractivity contribution in [2.45, 2.75) is 13.5 Å². The van der Waals surface area contributed by atoms with E-state index in [-0.39, 0.29) is 0 Å². The lowest BCUT2D eigenvalue weighted by Crippen LogP contribution is -2.01. The Morgan fingerprint density at radius 1 is 1.36 bits per heavy atom. The van der Waals surface area contributed by atoms with E-state index in [1.54, 1.807) is 0 Å². The minimum Gasteiger partial charge on any atom is -0.494 e. The molecule has 2 nitrogen and oxygen atoms in total. The first-order valence-corrected chi connectivity index (χ1v) is 3.79. The van der Waals surface area contributed by atoms with Crippen LogP contribution in [0.15, 0.2) is 24.3 Å². The van der Waals surface area contributed by atoms with Gasteiger partial charge in [-0.05, 0) is 13.0 Å². The number of nitrogens with two attached hydrogens (primary N) is 1. The SMILES string of the molecule is CCOc1ccccc1CN. The summed E-state index contributed by atoms with van der Waals surface area (Å²) in [6.45, 7) is 3.19. The van der Waals surface area contributed by atoms with Crippen LogP contribution < -0.4 is 10.5 Å². The highest BCUT2D eigenvalue weighted by Crippen LogP contribution is 2.16. The molecule has 0 amide bonds. The molecule has 2 heteroatoms. The second-order valence-corrected chi connectivity index (χ2v) is 2.24. The first-order valence-electron chi connectivity index (χ1n) is 3.79. The van der Waals surface area contributed by atoms with Gasteiger partial charge in [0.15, 0.2) is 0 Å². The van der Waals surface area contributed by atoms with Crippen LogP contribution in [0.2, 0.25) is 0 Å². The smallest absolute Gasteiger partial charge is 0.123 e. The molecular weight excluding hydrogens is 138 g/mol. The van der Waals surface area contributed by atoms with Crippen molar-refractivity contribution < 1.29 is 4.74 Å². The fourth-order valence-electron chi connectivity index (χ4n) is 0.969. The fraction of sp³-hybridized carbons (Fsp3) is 0.333. The Labute approximate surface area is 67.0 Å². The molecule has 0 saturated carbocycles. The van der Waals surface area contributed by atoms with Crippen LogP contribution in [0, 0.1) is 0 Å². The van der Waals surface area contributed by atoms with Crippen molar-refractivity contribution in [1.82, 2.24) is 0 Å². The molecule has 1 rings (SSSR count). The van der Waals surface area contributed by atoms with Gasteiger partial charge < -0.3 is 10.5 Å². The van der Waals surface area contributed by atoms with Gasteiger partial charge in [-0.15, -0.1) is 0 Å². The number of hydrogen-bond donors (Lipinski definition) is 1. The van der Waals surface area contributed by atoms with Crippen LogP contribution >= 0.6 is 0 Å². The van der Waals surface area contributed by atoms with E-state index in [9.17, 15) is 0 Å². The summed E-state index contributed by atoms with van der Waals surface area (Å²) in [5.74, 6) is 0.900. The molecule has 2 N–H and O–H groups in total. The first-order chi connectivity index (χ1) is 5.38. The second kappa shape index (κ2) is 3.98. The molecule has 0 aliphatic rings. The predicted molar refractivity (Wildman–Crippen MR) is 45.5 cm³/mol. The Hall–Kier alpha value is -1.02. The molecule has 0 heterocycles. The lowest BCUT2D eigenvalue weighted by atomic mass is 10.2. The molecule has 0 fully saturated rings. The lowest BCUT2D eigenvalue weighted by Gasteiger charge is -2.06. The summed E-state index contributed by atoms with van der Waals surface area (Å²) < 4.78 is 5.35. The molecule has 0 bridgehead atoms. The summed E-state index contributed by atoms with van der Waals surface area (Å²) in [5.41, 5.74) is 6.57. The van der Waals surface area contributed by atoms with E-state index < -0.39 is 0 Å². The van der Waals surface area contributed by atoms with Gasteiger partial charge in [0.25, 0.3) is 0 Å². The largest absolute Gasteiger partial charge is 0.494 e. The van der Waals surface area contributed by atoms with E-state index in [1.807, 2.05) is 31.2 Å². The Bertz CT molecular complexity index is 223. The van der Waals surface area contributed by atoms with Crippen LogP contribution in [0.5, 0.6) is 5.75 Å². The Balaban J connectivity index is 2.83. The summed E-state index contributed by atoms with van der Waals surface area (Å²) in [7, 11) is 0. The maximum Gasteiger partial charge on any atom is 0.123 e. The van der Waals surface area contributed by atoms with Gasteiger partial charge in [0.1, 0.15) is 5.75 Å². The molecule has 0 unspecified atom stereocenters. The Morgan fingerprint density at radius 3 is 2.73 bits per heavy atom. The summed E-state index contributed by atoms with van der Waals surface area (Å²) >= 11 is 0. The fourth-order valence-corrected chi connectivity index (χ4v) is 0.969. The van der Waals surface area contributed by atoms with Crippen molar-refractivity contribution >= 4 is 0 Å². The normalized spacial score (nSPS) is 9.64. The zero-order valence-electron chi connectivity index (χ0n) is 6.71. The summed E-state index contributed by atoms with van der Waals surface area (Å²) in [4.78, 5) is 0. The second-order valence-electron chi connectivity index (χ2n) is 2.24. The molecule has 0 aliphatic carbocycles. The molecule has 0 radical (unpaired) electrons. The van der Waals surface area contributed by atoms with Gasteiger partial charge in [-0.1, -0.05) is 18.2 Å². The zero-order valence-corrected chi connectivity index (χ0v) is 6.71. The summed E-state index contributed by atoms with van der Waals surface area (Å²) in [6, 6.07) is 7.82. The van der Waals surface area contributed by atoms with Crippen LogP contribution in [0.4, 0.5) is 0 Å². The molecule has 0 aliphatic heterocycles. The van der Waals surface area contributed by atoms with E-state index in [0.29, 0.717) is 13.2 Å². The van der Waals surface area contributed by atoms with Crippen molar-refractivity contribution in [3.8, 4) is 5.75 Å². The molecule has 11 heavy (non-hydrogen) atoms. The van der Waals surface area contributed by atoms with Gasteiger partial charge in [0.05, 0.1) is 6.61 Å². The van der Waals surface area contributed by atoms with Gasteiger partial charge in [0.2, 0.25) is 0 Å². The molecule has 0 atom stereocenters. The molecular formula is C9H13NO. The van der Waals surface area contributed by atoms with Crippen LogP contribution in [0.3, 0.4) is 0 Å². The number of hydrogen-bond acceptors (Lipinski definition) is 2. The van der Waals surface area contributed by atoms with Crippen molar-refractivity contribution in [2.75, 3.05) is 6.61 Å². The minimum absolute atomic E-state index is 0.538. The molecule has 0 aromatic heterocycles. The number of para-hydroxylation sites is 1. The maximum absolute atomic E-state index is 5.50. The van der Waals surface area contributed by atoms with Crippen molar-refractivity contribution in [3.05, 3.63) is 29.8 Å². The third-order valence-corrected chi connectivity index (χ3v) is 1.49. The van der Waals surface area contributed by atoms with Crippen LogP contribution in [0.25, 0.3) is 0 Å². The van der Waals surface area contributed by atoms with E-state index in [2.05, 4.69) is 0 Å². The van der Waals surface area contributed by atoms with Gasteiger partial charge in [0, 0.05) is 12.1 Å². The van der Waals surface area contributed by atoms with Crippen LogP contribution in [0.1, 0.15) is 12.5 Å². The highest BCUT2D eigenvalue weighted by molar-refractivity contribution is 5.32. The maximum atomic E-state index is 5.50. The highest BCUT2D eigenvalue weighted by atomic mass is 16.5. The zero-order chi connectivity index (χ0) is 8.10. The first kappa shape index (κ1) is 8.08. The standard InChI is InChI=1S/C9H13NO/c1-2-11-9-6-4-3-5-8(9)7-10/h3-6H,2,7,10H2,1H3. The molecule has 1 aromatic carbocycles. The van der Waals surface area contributed by atoms with E-state index >= 15 is 0 Å². The van der Waals surface area contributed by atoms with Crippen molar-refractivity contribution in [2.24, 2.45) is 5.73 Å². The van der Waals surface area contributed by atoms with Gasteiger partial charge >= 0.3 is 0 Å². The monoisotopic (exact) mass is 151 g/mol. The van der Waals surface area contributed by atoms with Crippen molar-refractivity contribution in [3.63, 3.8) is 0 Å². The molecule has 60 valence electrons. The van der Waals surface area contributed by atoms with Gasteiger partial charge in [-0.3, -0.25) is 0 Å². The van der Waals surface area contributed by atoms with Gasteiger partial charge in [-0.2, -0.15) is 0 Å². The lowest BCUT2D eigenvalue weighted by molar-refractivity contribution is 0.336. The summed E-state index contributed by atoms with van der Waals surface area (Å²) in [6.07, 6.45) is 0. The number of ether oxygens (including phenoxy) is 1. The molecule has 1 aromatic rings. The third-order valence-electron chi connectivity index (χ3n) is 1.49. The predicted octanol–water partition coefficient (Wildman–Crippen LogP) is 1.54. The third kappa shape index (κ3) is 1.95. The average Bonchev–Trinajstić information content (AvgIpc) is 2.06. The van der Waals surface area contributed by atoms with E-state index in [1.165, 1.54) is 0 Å². The quantitative estimate of drug-likeness (QED) is 0.711. The van der Waals surface area contributed by atoms with Crippen LogP contribution in [-0.4, -0.2) is 6.61 Å².